The van der Waals surface area contributed by atoms with Gasteiger partial charge in [-0.1, -0.05) is 47.7 Å². The number of alkyl halides is 3. The van der Waals surface area contributed by atoms with Crippen molar-refractivity contribution in [3.05, 3.63) is 84.1 Å². The molecule has 0 aliphatic carbocycles. The molecular formula is C25H24F3N5O. The van der Waals surface area contributed by atoms with Gasteiger partial charge in [-0.05, 0) is 43.7 Å². The lowest BCUT2D eigenvalue weighted by molar-refractivity contribution is -0.137. The molecule has 2 heterocycles. The molecule has 2 aromatic carbocycles. The van der Waals surface area contributed by atoms with Crippen LogP contribution in [0.5, 0.6) is 0 Å². The second kappa shape index (κ2) is 10.0. The highest BCUT2D eigenvalue weighted by Gasteiger charge is 2.31. The largest absolute Gasteiger partial charge is 0.416 e. The van der Waals surface area contributed by atoms with Crippen molar-refractivity contribution in [3.63, 3.8) is 0 Å². The number of hydrogen-bond acceptors (Lipinski definition) is 5. The Morgan fingerprint density at radius 1 is 1.00 bits per heavy atom. The van der Waals surface area contributed by atoms with Crippen LogP contribution < -0.4 is 5.32 Å². The topological polar surface area (TPSA) is 64.9 Å². The molecule has 6 nitrogen and oxygen atoms in total. The fourth-order valence-corrected chi connectivity index (χ4v) is 3.61. The van der Waals surface area contributed by atoms with Gasteiger partial charge in [-0.25, -0.2) is 9.67 Å². The van der Waals surface area contributed by atoms with Gasteiger partial charge in [0.25, 0.3) is 0 Å². The summed E-state index contributed by atoms with van der Waals surface area (Å²) in [5, 5.41) is 11.7. The zero-order valence-electron chi connectivity index (χ0n) is 18.8. The van der Waals surface area contributed by atoms with Gasteiger partial charge in [0.1, 0.15) is 18.2 Å². The van der Waals surface area contributed by atoms with Gasteiger partial charge in [-0.15, -0.1) is 5.10 Å². The van der Waals surface area contributed by atoms with E-state index < -0.39 is 11.7 Å². The van der Waals surface area contributed by atoms with Crippen LogP contribution in [0.15, 0.2) is 72.9 Å². The maximum atomic E-state index is 13.3. The van der Waals surface area contributed by atoms with Gasteiger partial charge in [-0.2, -0.15) is 13.2 Å². The molecule has 0 aliphatic heterocycles. The Morgan fingerprint density at radius 3 is 2.53 bits per heavy atom. The van der Waals surface area contributed by atoms with Crippen LogP contribution >= 0.6 is 0 Å². The van der Waals surface area contributed by atoms with Crippen LogP contribution in [0.25, 0.3) is 22.5 Å². The van der Waals surface area contributed by atoms with Crippen molar-refractivity contribution in [2.45, 2.75) is 32.8 Å². The molecule has 0 fully saturated rings. The lowest BCUT2D eigenvalue weighted by Gasteiger charge is -2.16. The van der Waals surface area contributed by atoms with Gasteiger partial charge in [0.2, 0.25) is 0 Å². The third kappa shape index (κ3) is 5.26. The Hall–Kier alpha value is -3.72. The van der Waals surface area contributed by atoms with Gasteiger partial charge in [0.05, 0.1) is 11.3 Å². The molecule has 0 aliphatic rings. The number of hydrogen-bond donors (Lipinski definition) is 1. The summed E-state index contributed by atoms with van der Waals surface area (Å²) in [5.74, 6) is 0.619. The lowest BCUT2D eigenvalue weighted by atomic mass is 10.0. The fraction of sp³-hybridized carbons (Fsp3) is 0.240. The van der Waals surface area contributed by atoms with Crippen LogP contribution in [0.2, 0.25) is 0 Å². The molecule has 4 rings (SSSR count). The number of nitrogens with one attached hydrogen (secondary N) is 1. The number of benzene rings is 2. The predicted octanol–water partition coefficient (Wildman–Crippen LogP) is 6.19. The molecular weight excluding hydrogens is 443 g/mol. The van der Waals surface area contributed by atoms with E-state index in [9.17, 15) is 13.2 Å². The van der Waals surface area contributed by atoms with Crippen LogP contribution in [0.1, 0.15) is 31.0 Å². The molecule has 2 aromatic heterocycles. The van der Waals surface area contributed by atoms with Gasteiger partial charge in [0.15, 0.2) is 0 Å². The van der Waals surface area contributed by atoms with Gasteiger partial charge in [-0.3, -0.25) is 0 Å². The Balaban J connectivity index is 1.73. The third-order valence-electron chi connectivity index (χ3n) is 5.31. The zero-order valence-corrected chi connectivity index (χ0v) is 18.8. The van der Waals surface area contributed by atoms with Gasteiger partial charge < -0.3 is 10.1 Å². The molecule has 9 heteroatoms. The smallest absolute Gasteiger partial charge is 0.364 e. The normalized spacial score (nSPS) is 12.5. The molecule has 34 heavy (non-hydrogen) atoms. The van der Waals surface area contributed by atoms with Crippen molar-refractivity contribution >= 4 is 5.82 Å². The summed E-state index contributed by atoms with van der Waals surface area (Å²) in [5.41, 5.74) is 2.25. The van der Waals surface area contributed by atoms with E-state index in [4.69, 9.17) is 4.74 Å². The molecule has 1 N–H and O–H groups in total. The number of pyridine rings is 1. The minimum atomic E-state index is -4.46. The first-order chi connectivity index (χ1) is 16.4. The maximum Gasteiger partial charge on any atom is 0.416 e. The average Bonchev–Trinajstić information content (AvgIpc) is 3.27. The summed E-state index contributed by atoms with van der Waals surface area (Å²) in [6.45, 7) is 4.45. The van der Waals surface area contributed by atoms with Gasteiger partial charge in [0, 0.05) is 30.0 Å². The zero-order chi connectivity index (χ0) is 24.1. The summed E-state index contributed by atoms with van der Waals surface area (Å²) in [4.78, 5) is 4.41. The van der Waals surface area contributed by atoms with Crippen molar-refractivity contribution in [2.75, 3.05) is 11.9 Å². The summed E-state index contributed by atoms with van der Waals surface area (Å²) in [7, 11) is 0. The van der Waals surface area contributed by atoms with E-state index in [2.05, 4.69) is 20.6 Å². The highest BCUT2D eigenvalue weighted by molar-refractivity contribution is 5.79. The van der Waals surface area contributed by atoms with E-state index in [1.807, 2.05) is 50.2 Å². The van der Waals surface area contributed by atoms with Gasteiger partial charge >= 0.3 is 6.18 Å². The predicted molar refractivity (Wildman–Crippen MR) is 124 cm³/mol. The van der Waals surface area contributed by atoms with E-state index in [1.165, 1.54) is 6.07 Å². The molecule has 1 unspecified atom stereocenters. The van der Waals surface area contributed by atoms with E-state index in [1.54, 1.807) is 23.0 Å². The van der Waals surface area contributed by atoms with Crippen LogP contribution in [0.4, 0.5) is 19.0 Å². The Labute approximate surface area is 195 Å². The Bertz CT molecular complexity index is 1240. The van der Waals surface area contributed by atoms with E-state index in [0.717, 1.165) is 17.7 Å². The van der Waals surface area contributed by atoms with Crippen molar-refractivity contribution < 1.29 is 17.9 Å². The first-order valence-corrected chi connectivity index (χ1v) is 10.8. The van der Waals surface area contributed by atoms with Crippen molar-refractivity contribution in [1.82, 2.24) is 20.0 Å². The Morgan fingerprint density at radius 2 is 1.79 bits per heavy atom. The molecule has 0 radical (unpaired) electrons. The minimum absolute atomic E-state index is 0.00153. The van der Waals surface area contributed by atoms with Crippen molar-refractivity contribution in [1.29, 1.82) is 0 Å². The van der Waals surface area contributed by atoms with Crippen molar-refractivity contribution in [3.8, 4) is 22.5 Å². The van der Waals surface area contributed by atoms with E-state index in [0.29, 0.717) is 34.9 Å². The average molecular weight is 467 g/mol. The van der Waals surface area contributed by atoms with E-state index >= 15 is 0 Å². The molecule has 176 valence electrons. The second-order valence-electron chi connectivity index (χ2n) is 7.69. The summed E-state index contributed by atoms with van der Waals surface area (Å²) < 4.78 is 47.0. The van der Waals surface area contributed by atoms with Crippen molar-refractivity contribution in [2.24, 2.45) is 0 Å². The summed E-state index contributed by atoms with van der Waals surface area (Å²) in [6.07, 6.45) is -2.82. The lowest BCUT2D eigenvalue weighted by Crippen LogP contribution is -2.09. The Kier molecular flexibility index (Phi) is 6.93. The number of ether oxygens (including phenoxy) is 1. The molecule has 0 amide bonds. The molecule has 4 aromatic rings. The SMILES string of the molecule is CCOCn1nnc(-c2cccc(C(F)(F)F)c2)c1-c1ccnc(NC(C)c2ccccc2)c1. The van der Waals surface area contributed by atoms with Crippen LogP contribution in [0.3, 0.4) is 0 Å². The number of halogens is 3. The molecule has 0 saturated carbocycles. The first-order valence-electron chi connectivity index (χ1n) is 10.8. The monoisotopic (exact) mass is 467 g/mol. The molecule has 0 bridgehead atoms. The van der Waals surface area contributed by atoms with E-state index in [-0.39, 0.29) is 12.8 Å². The summed E-state index contributed by atoms with van der Waals surface area (Å²) in [6, 6.07) is 18.6. The number of anilines is 1. The van der Waals surface area contributed by atoms with Crippen LogP contribution in [-0.4, -0.2) is 26.6 Å². The number of nitrogens with zero attached hydrogens (tertiary/aromatic N) is 4. The quantitative estimate of drug-likeness (QED) is 0.335. The fourth-order valence-electron chi connectivity index (χ4n) is 3.61. The standard InChI is InChI=1S/C25H24F3N5O/c1-3-34-16-33-24(23(31-32-33)19-10-7-11-21(14-19)25(26,27)28)20-12-13-29-22(15-20)30-17(2)18-8-5-4-6-9-18/h4-15,17H,3,16H2,1-2H3,(H,29,30). The molecule has 0 spiro atoms. The molecule has 0 saturated heterocycles. The highest BCUT2D eigenvalue weighted by atomic mass is 19.4. The molecule has 1 atom stereocenters. The third-order valence-corrected chi connectivity index (χ3v) is 5.31. The minimum Gasteiger partial charge on any atom is -0.364 e. The van der Waals surface area contributed by atoms with Crippen LogP contribution in [0, 0.1) is 0 Å². The maximum absolute atomic E-state index is 13.3. The second-order valence-corrected chi connectivity index (χ2v) is 7.69. The summed E-state index contributed by atoms with van der Waals surface area (Å²) >= 11 is 0. The van der Waals surface area contributed by atoms with Crippen LogP contribution in [-0.2, 0) is 17.6 Å². The highest BCUT2D eigenvalue weighted by Crippen LogP contribution is 2.35. The first kappa shape index (κ1) is 23.4. The number of aromatic nitrogens is 4. The number of rotatable bonds is 8.